The van der Waals surface area contributed by atoms with Crippen LogP contribution in [0.15, 0.2) is 59.5 Å². The molecule has 4 nitrogen and oxygen atoms in total. The molecule has 1 atom stereocenters. The Labute approximate surface area is 132 Å². The van der Waals surface area contributed by atoms with Crippen molar-refractivity contribution in [2.45, 2.75) is 31.3 Å². The SMILES string of the molecule is Cc1ccc(S(=O)(=O)NC(C)CNCc2ccccc2)cc1. The highest BCUT2D eigenvalue weighted by Gasteiger charge is 2.16. The van der Waals surface area contributed by atoms with Crippen LogP contribution in [0.4, 0.5) is 0 Å². The van der Waals surface area contributed by atoms with Gasteiger partial charge in [0.1, 0.15) is 0 Å². The van der Waals surface area contributed by atoms with Crippen LogP contribution in [0.3, 0.4) is 0 Å². The Morgan fingerprint density at radius 3 is 2.27 bits per heavy atom. The largest absolute Gasteiger partial charge is 0.311 e. The first-order valence-electron chi connectivity index (χ1n) is 7.31. The van der Waals surface area contributed by atoms with Gasteiger partial charge in [-0.3, -0.25) is 0 Å². The molecule has 0 saturated heterocycles. The van der Waals surface area contributed by atoms with Crippen LogP contribution in [0.1, 0.15) is 18.1 Å². The number of rotatable bonds is 7. The van der Waals surface area contributed by atoms with Gasteiger partial charge in [0, 0.05) is 19.1 Å². The minimum absolute atomic E-state index is 0.185. The predicted octanol–water partition coefficient (Wildman–Crippen LogP) is 2.45. The third-order valence-corrected chi connectivity index (χ3v) is 4.92. The van der Waals surface area contributed by atoms with Gasteiger partial charge in [-0.2, -0.15) is 0 Å². The Kier molecular flexibility index (Phi) is 5.71. The van der Waals surface area contributed by atoms with E-state index >= 15 is 0 Å². The van der Waals surface area contributed by atoms with E-state index in [1.807, 2.05) is 44.2 Å². The van der Waals surface area contributed by atoms with Crippen LogP contribution in [0.2, 0.25) is 0 Å². The normalized spacial score (nSPS) is 13.0. The first-order valence-corrected chi connectivity index (χ1v) is 8.79. The van der Waals surface area contributed by atoms with Gasteiger partial charge in [0.05, 0.1) is 4.90 Å². The highest BCUT2D eigenvalue weighted by molar-refractivity contribution is 7.89. The first-order chi connectivity index (χ1) is 10.5. The third-order valence-electron chi connectivity index (χ3n) is 3.31. The second-order valence-corrected chi connectivity index (χ2v) is 7.17. The molecule has 0 spiro atoms. The number of nitrogens with one attached hydrogen (secondary N) is 2. The van der Waals surface area contributed by atoms with Gasteiger partial charge < -0.3 is 5.32 Å². The molecule has 0 saturated carbocycles. The van der Waals surface area contributed by atoms with Gasteiger partial charge in [-0.15, -0.1) is 0 Å². The minimum atomic E-state index is -3.46. The molecule has 0 amide bonds. The van der Waals surface area contributed by atoms with Crippen LogP contribution in [-0.2, 0) is 16.6 Å². The van der Waals surface area contributed by atoms with E-state index in [-0.39, 0.29) is 6.04 Å². The molecule has 0 heterocycles. The summed E-state index contributed by atoms with van der Waals surface area (Å²) >= 11 is 0. The molecule has 2 aromatic carbocycles. The van der Waals surface area contributed by atoms with Crippen LogP contribution in [0.25, 0.3) is 0 Å². The summed E-state index contributed by atoms with van der Waals surface area (Å²) in [5.74, 6) is 0. The van der Waals surface area contributed by atoms with Gasteiger partial charge >= 0.3 is 0 Å². The molecule has 0 radical (unpaired) electrons. The number of benzene rings is 2. The summed E-state index contributed by atoms with van der Waals surface area (Å²) in [5.41, 5.74) is 2.22. The molecule has 1 unspecified atom stereocenters. The van der Waals surface area contributed by atoms with Crippen LogP contribution >= 0.6 is 0 Å². The summed E-state index contributed by atoms with van der Waals surface area (Å²) in [7, 11) is -3.46. The Morgan fingerprint density at radius 1 is 1.00 bits per heavy atom. The smallest absolute Gasteiger partial charge is 0.240 e. The number of hydrogen-bond acceptors (Lipinski definition) is 3. The maximum absolute atomic E-state index is 12.2. The van der Waals surface area contributed by atoms with Crippen molar-refractivity contribution in [2.75, 3.05) is 6.54 Å². The number of sulfonamides is 1. The lowest BCUT2D eigenvalue weighted by Crippen LogP contribution is -2.39. The molecule has 0 aromatic heterocycles. The van der Waals surface area contributed by atoms with E-state index < -0.39 is 10.0 Å². The maximum Gasteiger partial charge on any atom is 0.240 e. The molecule has 2 aromatic rings. The summed E-state index contributed by atoms with van der Waals surface area (Å²) in [6, 6.07) is 16.7. The van der Waals surface area contributed by atoms with E-state index in [9.17, 15) is 8.42 Å². The number of hydrogen-bond donors (Lipinski definition) is 2. The zero-order valence-corrected chi connectivity index (χ0v) is 13.7. The van der Waals surface area contributed by atoms with Crippen molar-refractivity contribution in [1.29, 1.82) is 0 Å². The van der Waals surface area contributed by atoms with E-state index in [1.54, 1.807) is 24.3 Å². The highest BCUT2D eigenvalue weighted by atomic mass is 32.2. The van der Waals surface area contributed by atoms with E-state index in [0.717, 1.165) is 12.1 Å². The summed E-state index contributed by atoms with van der Waals surface area (Å²) < 4.78 is 27.2. The van der Waals surface area contributed by atoms with Crippen LogP contribution in [0.5, 0.6) is 0 Å². The summed E-state index contributed by atoms with van der Waals surface area (Å²) in [6.07, 6.45) is 0. The second-order valence-electron chi connectivity index (χ2n) is 5.45. The van der Waals surface area contributed by atoms with Gasteiger partial charge in [0.15, 0.2) is 0 Å². The Bertz CT molecular complexity index is 682. The Balaban J connectivity index is 1.85. The summed E-state index contributed by atoms with van der Waals surface area (Å²) in [6.45, 7) is 5.07. The highest BCUT2D eigenvalue weighted by Crippen LogP contribution is 2.10. The van der Waals surface area contributed by atoms with Crippen molar-refractivity contribution in [2.24, 2.45) is 0 Å². The molecule has 2 rings (SSSR count). The van der Waals surface area contributed by atoms with Gasteiger partial charge in [-0.05, 0) is 31.5 Å². The fourth-order valence-corrected chi connectivity index (χ4v) is 3.36. The molecule has 118 valence electrons. The lowest BCUT2D eigenvalue weighted by atomic mass is 10.2. The fraction of sp³-hybridized carbons (Fsp3) is 0.294. The van der Waals surface area contributed by atoms with Crippen LogP contribution in [0, 0.1) is 6.92 Å². The quantitative estimate of drug-likeness (QED) is 0.824. The lowest BCUT2D eigenvalue weighted by molar-refractivity contribution is 0.536. The molecule has 0 aliphatic carbocycles. The molecule has 0 aliphatic heterocycles. The minimum Gasteiger partial charge on any atom is -0.311 e. The molecular weight excluding hydrogens is 296 g/mol. The average molecular weight is 318 g/mol. The molecular formula is C17H22N2O2S. The van der Waals surface area contributed by atoms with E-state index in [2.05, 4.69) is 10.0 Å². The Hall–Kier alpha value is -1.69. The van der Waals surface area contributed by atoms with Gasteiger partial charge in [0.2, 0.25) is 10.0 Å². The molecule has 0 aliphatic rings. The predicted molar refractivity (Wildman–Crippen MR) is 89.1 cm³/mol. The fourth-order valence-electron chi connectivity index (χ4n) is 2.12. The van der Waals surface area contributed by atoms with Crippen molar-refractivity contribution in [1.82, 2.24) is 10.0 Å². The Morgan fingerprint density at radius 2 is 1.64 bits per heavy atom. The monoisotopic (exact) mass is 318 g/mol. The molecule has 2 N–H and O–H groups in total. The summed E-state index contributed by atoms with van der Waals surface area (Å²) in [4.78, 5) is 0.299. The average Bonchev–Trinajstić information content (AvgIpc) is 2.48. The van der Waals surface area contributed by atoms with Crippen molar-refractivity contribution in [3.05, 3.63) is 65.7 Å². The van der Waals surface area contributed by atoms with E-state index in [4.69, 9.17) is 0 Å². The topological polar surface area (TPSA) is 58.2 Å². The van der Waals surface area contributed by atoms with Gasteiger partial charge in [-0.25, -0.2) is 13.1 Å². The van der Waals surface area contributed by atoms with Crippen molar-refractivity contribution in [3.63, 3.8) is 0 Å². The molecule has 22 heavy (non-hydrogen) atoms. The molecule has 0 fully saturated rings. The maximum atomic E-state index is 12.2. The van der Waals surface area contributed by atoms with E-state index in [1.165, 1.54) is 5.56 Å². The first kappa shape index (κ1) is 16.7. The third kappa shape index (κ3) is 4.94. The van der Waals surface area contributed by atoms with Crippen LogP contribution < -0.4 is 10.0 Å². The van der Waals surface area contributed by atoms with Crippen LogP contribution in [-0.4, -0.2) is 21.0 Å². The zero-order chi connectivity index (χ0) is 16.0. The molecule has 5 heteroatoms. The van der Waals surface area contributed by atoms with Crippen molar-refractivity contribution >= 4 is 10.0 Å². The molecule has 0 bridgehead atoms. The standard InChI is InChI=1S/C17H22N2O2S/c1-14-8-10-17(11-9-14)22(20,21)19-15(2)12-18-13-16-6-4-3-5-7-16/h3-11,15,18-19H,12-13H2,1-2H3. The zero-order valence-electron chi connectivity index (χ0n) is 12.9. The second kappa shape index (κ2) is 7.54. The van der Waals surface area contributed by atoms with Gasteiger partial charge in [-0.1, -0.05) is 48.0 Å². The summed E-state index contributed by atoms with van der Waals surface area (Å²) in [5, 5.41) is 3.26. The number of aryl methyl sites for hydroxylation is 1. The van der Waals surface area contributed by atoms with Crippen molar-refractivity contribution < 1.29 is 8.42 Å². The van der Waals surface area contributed by atoms with Crippen molar-refractivity contribution in [3.8, 4) is 0 Å². The lowest BCUT2D eigenvalue weighted by Gasteiger charge is -2.15. The van der Waals surface area contributed by atoms with Gasteiger partial charge in [0.25, 0.3) is 0 Å². The van der Waals surface area contributed by atoms with E-state index in [0.29, 0.717) is 11.4 Å².